The van der Waals surface area contributed by atoms with Gasteiger partial charge in [0.1, 0.15) is 5.76 Å². The molecule has 1 heterocycles. The van der Waals surface area contributed by atoms with Gasteiger partial charge in [0.15, 0.2) is 0 Å². The summed E-state index contributed by atoms with van der Waals surface area (Å²) in [7, 11) is 0. The molecule has 0 fully saturated rings. The lowest BCUT2D eigenvalue weighted by Gasteiger charge is -2.08. The van der Waals surface area contributed by atoms with Gasteiger partial charge in [-0.2, -0.15) is 0 Å². The van der Waals surface area contributed by atoms with Crippen molar-refractivity contribution in [1.29, 1.82) is 0 Å². The van der Waals surface area contributed by atoms with Crippen molar-refractivity contribution >= 4 is 11.7 Å². The van der Waals surface area contributed by atoms with E-state index in [1.165, 1.54) is 0 Å². The normalized spacial score (nSPS) is 12.1. The van der Waals surface area contributed by atoms with Crippen LogP contribution in [0.3, 0.4) is 0 Å². The van der Waals surface area contributed by atoms with Crippen LogP contribution in [-0.4, -0.2) is 11.1 Å². The quantitative estimate of drug-likeness (QED) is 0.836. The van der Waals surface area contributed by atoms with Gasteiger partial charge in [-0.15, -0.1) is 0 Å². The van der Waals surface area contributed by atoms with Crippen LogP contribution in [0.2, 0.25) is 0 Å². The summed E-state index contributed by atoms with van der Waals surface area (Å²) < 4.78 is 5.23. The van der Waals surface area contributed by atoms with E-state index in [0.717, 1.165) is 17.0 Å². The van der Waals surface area contributed by atoms with Crippen molar-refractivity contribution in [2.24, 2.45) is 5.92 Å². The number of hydrogen-bond acceptors (Lipinski definition) is 3. The molecule has 0 saturated heterocycles. The van der Waals surface area contributed by atoms with Crippen LogP contribution in [0.4, 0.5) is 5.69 Å². The molecule has 0 amide bonds. The minimum Gasteiger partial charge on any atom is -0.481 e. The number of hydrogen-bond donors (Lipinski definition) is 2. The molecule has 0 saturated carbocycles. The lowest BCUT2D eigenvalue weighted by molar-refractivity contribution is -0.141. The largest absolute Gasteiger partial charge is 0.481 e. The second-order valence-corrected chi connectivity index (χ2v) is 4.57. The van der Waals surface area contributed by atoms with Gasteiger partial charge in [-0.25, -0.2) is 0 Å². The first kappa shape index (κ1) is 13.2. The second-order valence-electron chi connectivity index (χ2n) is 4.57. The molecule has 0 aliphatic rings. The zero-order valence-corrected chi connectivity index (χ0v) is 10.8. The standard InChI is InChI=1S/C15H17NO3/c1-11(15(17)18)9-12-4-6-13(7-5-12)16-10-14-3-2-8-19-14/h2-8,11,16H,9-10H2,1H3,(H,17,18). The minimum atomic E-state index is -0.764. The van der Waals surface area contributed by atoms with Crippen molar-refractivity contribution < 1.29 is 14.3 Å². The molecule has 0 aliphatic heterocycles. The molecule has 2 N–H and O–H groups in total. The predicted octanol–water partition coefficient (Wildman–Crippen LogP) is 3.15. The lowest BCUT2D eigenvalue weighted by atomic mass is 10.0. The van der Waals surface area contributed by atoms with Crippen molar-refractivity contribution in [2.45, 2.75) is 19.9 Å². The number of benzene rings is 1. The Balaban J connectivity index is 1.89. The highest BCUT2D eigenvalue weighted by Crippen LogP contribution is 2.14. The molecule has 19 heavy (non-hydrogen) atoms. The van der Waals surface area contributed by atoms with E-state index in [1.807, 2.05) is 36.4 Å². The van der Waals surface area contributed by atoms with Gasteiger partial charge < -0.3 is 14.8 Å². The van der Waals surface area contributed by atoms with Crippen LogP contribution in [-0.2, 0) is 17.8 Å². The first-order chi connectivity index (χ1) is 9.15. The molecule has 2 rings (SSSR count). The van der Waals surface area contributed by atoms with Crippen LogP contribution < -0.4 is 5.32 Å². The van der Waals surface area contributed by atoms with Crippen LogP contribution in [0.15, 0.2) is 47.1 Å². The number of carboxylic acids is 1. The van der Waals surface area contributed by atoms with Gasteiger partial charge in [0.05, 0.1) is 18.7 Å². The van der Waals surface area contributed by atoms with E-state index in [2.05, 4.69) is 5.32 Å². The molecular formula is C15H17NO3. The van der Waals surface area contributed by atoms with Crippen molar-refractivity contribution in [3.05, 3.63) is 54.0 Å². The van der Waals surface area contributed by atoms with Crippen LogP contribution in [0, 0.1) is 5.92 Å². The maximum Gasteiger partial charge on any atom is 0.306 e. The molecule has 1 atom stereocenters. The number of aliphatic carboxylic acids is 1. The summed E-state index contributed by atoms with van der Waals surface area (Å²) in [4.78, 5) is 10.8. The Morgan fingerprint density at radius 1 is 1.32 bits per heavy atom. The van der Waals surface area contributed by atoms with E-state index < -0.39 is 5.97 Å². The van der Waals surface area contributed by atoms with E-state index in [1.54, 1.807) is 13.2 Å². The number of carbonyl (C=O) groups is 1. The van der Waals surface area contributed by atoms with Crippen molar-refractivity contribution in [3.63, 3.8) is 0 Å². The van der Waals surface area contributed by atoms with Crippen LogP contribution in [0.25, 0.3) is 0 Å². The molecule has 1 aromatic heterocycles. The third-order valence-electron chi connectivity index (χ3n) is 2.96. The summed E-state index contributed by atoms with van der Waals surface area (Å²) in [6.45, 7) is 2.35. The van der Waals surface area contributed by atoms with Crippen molar-refractivity contribution in [1.82, 2.24) is 0 Å². The molecule has 100 valence electrons. The number of furan rings is 1. The maximum atomic E-state index is 10.8. The Morgan fingerprint density at radius 2 is 2.05 bits per heavy atom. The van der Waals surface area contributed by atoms with Crippen molar-refractivity contribution in [3.8, 4) is 0 Å². The van der Waals surface area contributed by atoms with E-state index in [9.17, 15) is 4.79 Å². The van der Waals surface area contributed by atoms with Gasteiger partial charge >= 0.3 is 5.97 Å². The molecule has 0 spiro atoms. The molecule has 4 heteroatoms. The summed E-state index contributed by atoms with van der Waals surface area (Å²) in [5.41, 5.74) is 2.02. The van der Waals surface area contributed by atoms with Gasteiger partial charge in [-0.05, 0) is 36.2 Å². The summed E-state index contributed by atoms with van der Waals surface area (Å²) in [6.07, 6.45) is 2.20. The van der Waals surface area contributed by atoms with Gasteiger partial charge in [-0.1, -0.05) is 19.1 Å². The van der Waals surface area contributed by atoms with Crippen LogP contribution in [0.1, 0.15) is 18.2 Å². The van der Waals surface area contributed by atoms with Crippen LogP contribution >= 0.6 is 0 Å². The van der Waals surface area contributed by atoms with Gasteiger partial charge in [0.25, 0.3) is 0 Å². The van der Waals surface area contributed by atoms with E-state index >= 15 is 0 Å². The third kappa shape index (κ3) is 3.88. The smallest absolute Gasteiger partial charge is 0.306 e. The zero-order chi connectivity index (χ0) is 13.7. The Kier molecular flexibility index (Phi) is 4.23. The second kappa shape index (κ2) is 6.09. The molecule has 0 bridgehead atoms. The number of nitrogens with one attached hydrogen (secondary N) is 1. The Labute approximate surface area is 112 Å². The monoisotopic (exact) mass is 259 g/mol. The average Bonchev–Trinajstić information content (AvgIpc) is 2.91. The first-order valence-electron chi connectivity index (χ1n) is 6.23. The highest BCUT2D eigenvalue weighted by molar-refractivity contribution is 5.69. The van der Waals surface area contributed by atoms with Crippen LogP contribution in [0.5, 0.6) is 0 Å². The molecule has 2 aromatic rings. The highest BCUT2D eigenvalue weighted by atomic mass is 16.4. The molecule has 4 nitrogen and oxygen atoms in total. The fourth-order valence-electron chi connectivity index (χ4n) is 1.80. The summed E-state index contributed by atoms with van der Waals surface area (Å²) in [6, 6.07) is 11.6. The number of anilines is 1. The molecule has 0 radical (unpaired) electrons. The SMILES string of the molecule is CC(Cc1ccc(NCc2ccco2)cc1)C(=O)O. The fourth-order valence-corrected chi connectivity index (χ4v) is 1.80. The fraction of sp³-hybridized carbons (Fsp3) is 0.267. The average molecular weight is 259 g/mol. The Bertz CT molecular complexity index is 517. The number of carboxylic acid groups (broad SMARTS) is 1. The molecule has 0 aliphatic carbocycles. The highest BCUT2D eigenvalue weighted by Gasteiger charge is 2.11. The lowest BCUT2D eigenvalue weighted by Crippen LogP contribution is -2.12. The molecule has 1 aromatic carbocycles. The summed E-state index contributed by atoms with van der Waals surface area (Å²) in [5.74, 6) is -0.245. The minimum absolute atomic E-state index is 0.359. The van der Waals surface area contributed by atoms with E-state index in [4.69, 9.17) is 9.52 Å². The Morgan fingerprint density at radius 3 is 2.63 bits per heavy atom. The summed E-state index contributed by atoms with van der Waals surface area (Å²) >= 11 is 0. The maximum absolute atomic E-state index is 10.8. The zero-order valence-electron chi connectivity index (χ0n) is 10.8. The topological polar surface area (TPSA) is 62.5 Å². The van der Waals surface area contributed by atoms with E-state index in [0.29, 0.717) is 13.0 Å². The van der Waals surface area contributed by atoms with Gasteiger partial charge in [0.2, 0.25) is 0 Å². The predicted molar refractivity (Wildman–Crippen MR) is 73.0 cm³/mol. The molecule has 1 unspecified atom stereocenters. The first-order valence-corrected chi connectivity index (χ1v) is 6.23. The van der Waals surface area contributed by atoms with Gasteiger partial charge in [-0.3, -0.25) is 4.79 Å². The van der Waals surface area contributed by atoms with E-state index in [-0.39, 0.29) is 5.92 Å². The Hall–Kier alpha value is -2.23. The van der Waals surface area contributed by atoms with Gasteiger partial charge in [0, 0.05) is 5.69 Å². The summed E-state index contributed by atoms with van der Waals surface area (Å²) in [5, 5.41) is 12.1. The van der Waals surface area contributed by atoms with Crippen molar-refractivity contribution in [2.75, 3.05) is 5.32 Å². The molecular weight excluding hydrogens is 242 g/mol. The third-order valence-corrected chi connectivity index (χ3v) is 2.96. The number of rotatable bonds is 6.